The molecule has 0 aromatic heterocycles. The predicted octanol–water partition coefficient (Wildman–Crippen LogP) is 1.57. The highest BCUT2D eigenvalue weighted by Gasteiger charge is 2.38. The van der Waals surface area contributed by atoms with Crippen LogP contribution in [0, 0.1) is 12.3 Å². The number of nitrogens with two attached hydrogens (primary N) is 1. The third kappa shape index (κ3) is 4.53. The van der Waals surface area contributed by atoms with Gasteiger partial charge in [0.25, 0.3) is 0 Å². The van der Waals surface area contributed by atoms with E-state index in [0.717, 1.165) is 10.0 Å². The third-order valence-electron chi connectivity index (χ3n) is 4.17. The summed E-state index contributed by atoms with van der Waals surface area (Å²) in [6, 6.07) is 5.54. The fourth-order valence-corrected chi connectivity index (χ4v) is 2.81. The standard InChI is InChI=1S/C16H22BrN3O3/c1-11-8-12(2-3-13(11)17)20-14(21)9-19-15(22)16(10-18)4-6-23-7-5-16/h2-3,8H,4-7,9-10,18H2,1H3,(H,19,22)(H,20,21). The number of hydrogen-bond acceptors (Lipinski definition) is 4. The lowest BCUT2D eigenvalue weighted by atomic mass is 9.79. The van der Waals surface area contributed by atoms with E-state index in [0.29, 0.717) is 31.7 Å². The van der Waals surface area contributed by atoms with Crippen molar-refractivity contribution in [1.29, 1.82) is 0 Å². The molecule has 1 aromatic rings. The minimum Gasteiger partial charge on any atom is -0.381 e. The average molecular weight is 384 g/mol. The maximum absolute atomic E-state index is 12.4. The summed E-state index contributed by atoms with van der Waals surface area (Å²) < 4.78 is 6.26. The van der Waals surface area contributed by atoms with Gasteiger partial charge in [-0.3, -0.25) is 9.59 Å². The first-order valence-electron chi connectivity index (χ1n) is 7.59. The molecule has 0 radical (unpaired) electrons. The van der Waals surface area contributed by atoms with E-state index in [9.17, 15) is 9.59 Å². The van der Waals surface area contributed by atoms with Crippen LogP contribution in [0.1, 0.15) is 18.4 Å². The van der Waals surface area contributed by atoms with E-state index in [-0.39, 0.29) is 24.9 Å². The van der Waals surface area contributed by atoms with Crippen LogP contribution in [0.25, 0.3) is 0 Å². The Morgan fingerprint density at radius 1 is 1.35 bits per heavy atom. The number of benzene rings is 1. The number of rotatable bonds is 5. The first-order valence-corrected chi connectivity index (χ1v) is 8.38. The molecule has 0 bridgehead atoms. The molecule has 126 valence electrons. The van der Waals surface area contributed by atoms with Crippen molar-refractivity contribution >= 4 is 33.4 Å². The van der Waals surface area contributed by atoms with Crippen molar-refractivity contribution in [2.45, 2.75) is 19.8 Å². The van der Waals surface area contributed by atoms with Crippen LogP contribution in [-0.2, 0) is 14.3 Å². The Balaban J connectivity index is 1.88. The van der Waals surface area contributed by atoms with E-state index in [1.54, 1.807) is 6.07 Å². The minimum absolute atomic E-state index is 0.0729. The van der Waals surface area contributed by atoms with E-state index in [1.807, 2.05) is 19.1 Å². The zero-order chi connectivity index (χ0) is 16.9. The molecule has 0 unspecified atom stereocenters. The zero-order valence-corrected chi connectivity index (χ0v) is 14.7. The van der Waals surface area contributed by atoms with Gasteiger partial charge >= 0.3 is 0 Å². The number of carbonyl (C=O) groups excluding carboxylic acids is 2. The molecule has 2 rings (SSSR count). The molecule has 1 aromatic carbocycles. The number of aryl methyl sites for hydroxylation is 1. The normalized spacial score (nSPS) is 16.7. The molecule has 1 heterocycles. The fourth-order valence-electron chi connectivity index (χ4n) is 2.56. The van der Waals surface area contributed by atoms with Gasteiger partial charge in [0.2, 0.25) is 11.8 Å². The Morgan fingerprint density at radius 2 is 2.04 bits per heavy atom. The number of nitrogens with one attached hydrogen (secondary N) is 2. The van der Waals surface area contributed by atoms with Crippen LogP contribution >= 0.6 is 15.9 Å². The summed E-state index contributed by atoms with van der Waals surface area (Å²) in [4.78, 5) is 24.4. The first-order chi connectivity index (χ1) is 11.0. The number of halogens is 1. The van der Waals surface area contributed by atoms with Gasteiger partial charge in [0, 0.05) is 29.9 Å². The van der Waals surface area contributed by atoms with Crippen LogP contribution in [0.15, 0.2) is 22.7 Å². The summed E-state index contributed by atoms with van der Waals surface area (Å²) in [6.07, 6.45) is 1.17. The van der Waals surface area contributed by atoms with Gasteiger partial charge in [-0.05, 0) is 43.5 Å². The van der Waals surface area contributed by atoms with Gasteiger partial charge in [0.1, 0.15) is 0 Å². The van der Waals surface area contributed by atoms with Crippen LogP contribution in [0.2, 0.25) is 0 Å². The first kappa shape index (κ1) is 17.9. The number of anilines is 1. The molecule has 1 fully saturated rings. The Labute approximate surface area is 144 Å². The third-order valence-corrected chi connectivity index (χ3v) is 5.06. The van der Waals surface area contributed by atoms with E-state index >= 15 is 0 Å². The quantitative estimate of drug-likeness (QED) is 0.719. The second-order valence-electron chi connectivity index (χ2n) is 5.79. The Hall–Kier alpha value is -1.44. The van der Waals surface area contributed by atoms with E-state index < -0.39 is 5.41 Å². The van der Waals surface area contributed by atoms with Gasteiger partial charge < -0.3 is 21.1 Å². The summed E-state index contributed by atoms with van der Waals surface area (Å²) >= 11 is 3.41. The van der Waals surface area contributed by atoms with Crippen LogP contribution < -0.4 is 16.4 Å². The summed E-state index contributed by atoms with van der Waals surface area (Å²) in [5, 5.41) is 5.46. The summed E-state index contributed by atoms with van der Waals surface area (Å²) in [7, 11) is 0. The Kier molecular flexibility index (Phi) is 6.15. The molecular weight excluding hydrogens is 362 g/mol. The van der Waals surface area contributed by atoms with Gasteiger partial charge in [0.15, 0.2) is 0 Å². The van der Waals surface area contributed by atoms with Gasteiger partial charge in [-0.15, -0.1) is 0 Å². The molecule has 2 amide bonds. The minimum atomic E-state index is -0.618. The molecule has 0 saturated carbocycles. The summed E-state index contributed by atoms with van der Waals surface area (Å²) in [5.74, 6) is -0.440. The summed E-state index contributed by atoms with van der Waals surface area (Å²) in [5.41, 5.74) is 6.88. The monoisotopic (exact) mass is 383 g/mol. The highest BCUT2D eigenvalue weighted by atomic mass is 79.9. The highest BCUT2D eigenvalue weighted by Crippen LogP contribution is 2.29. The van der Waals surface area contributed by atoms with E-state index in [4.69, 9.17) is 10.5 Å². The number of ether oxygens (including phenoxy) is 1. The smallest absolute Gasteiger partial charge is 0.243 e. The molecule has 0 aliphatic carbocycles. The largest absolute Gasteiger partial charge is 0.381 e. The van der Waals surface area contributed by atoms with Gasteiger partial charge in [0.05, 0.1) is 12.0 Å². The Bertz CT molecular complexity index is 586. The van der Waals surface area contributed by atoms with Crippen molar-refractivity contribution in [3.8, 4) is 0 Å². The van der Waals surface area contributed by atoms with Crippen molar-refractivity contribution in [3.05, 3.63) is 28.2 Å². The van der Waals surface area contributed by atoms with Crippen LogP contribution in [0.4, 0.5) is 5.69 Å². The maximum atomic E-state index is 12.4. The fraction of sp³-hybridized carbons (Fsp3) is 0.500. The molecule has 1 aliphatic rings. The van der Waals surface area contributed by atoms with Gasteiger partial charge in [-0.1, -0.05) is 15.9 Å². The zero-order valence-electron chi connectivity index (χ0n) is 13.2. The molecule has 0 spiro atoms. The van der Waals surface area contributed by atoms with Crippen molar-refractivity contribution in [2.75, 3.05) is 31.6 Å². The van der Waals surface area contributed by atoms with Gasteiger partial charge in [-0.25, -0.2) is 0 Å². The van der Waals surface area contributed by atoms with Crippen LogP contribution in [0.3, 0.4) is 0 Å². The number of hydrogen-bond donors (Lipinski definition) is 3. The second-order valence-corrected chi connectivity index (χ2v) is 6.65. The molecule has 6 nitrogen and oxygen atoms in total. The van der Waals surface area contributed by atoms with Crippen LogP contribution in [0.5, 0.6) is 0 Å². The number of carbonyl (C=O) groups is 2. The lowest BCUT2D eigenvalue weighted by Crippen LogP contribution is -2.50. The second kappa shape index (κ2) is 7.90. The van der Waals surface area contributed by atoms with Crippen molar-refractivity contribution in [2.24, 2.45) is 11.1 Å². The highest BCUT2D eigenvalue weighted by molar-refractivity contribution is 9.10. The van der Waals surface area contributed by atoms with E-state index in [1.165, 1.54) is 0 Å². The van der Waals surface area contributed by atoms with Gasteiger partial charge in [-0.2, -0.15) is 0 Å². The molecule has 0 atom stereocenters. The Morgan fingerprint density at radius 3 is 2.65 bits per heavy atom. The molecular formula is C16H22BrN3O3. The molecule has 1 saturated heterocycles. The molecule has 7 heteroatoms. The van der Waals surface area contributed by atoms with Crippen molar-refractivity contribution in [1.82, 2.24) is 5.32 Å². The summed E-state index contributed by atoms with van der Waals surface area (Å²) in [6.45, 7) is 3.17. The van der Waals surface area contributed by atoms with Crippen molar-refractivity contribution in [3.63, 3.8) is 0 Å². The SMILES string of the molecule is Cc1cc(NC(=O)CNC(=O)C2(CN)CCOCC2)ccc1Br. The van der Waals surface area contributed by atoms with Crippen LogP contribution in [-0.4, -0.2) is 38.1 Å². The molecule has 1 aliphatic heterocycles. The van der Waals surface area contributed by atoms with Crippen molar-refractivity contribution < 1.29 is 14.3 Å². The number of amides is 2. The average Bonchev–Trinajstić information content (AvgIpc) is 2.56. The predicted molar refractivity (Wildman–Crippen MR) is 92.1 cm³/mol. The van der Waals surface area contributed by atoms with E-state index in [2.05, 4.69) is 26.6 Å². The maximum Gasteiger partial charge on any atom is 0.243 e. The topological polar surface area (TPSA) is 93.5 Å². The molecule has 23 heavy (non-hydrogen) atoms. The molecule has 4 N–H and O–H groups in total. The lowest BCUT2D eigenvalue weighted by molar-refractivity contribution is -0.137. The lowest BCUT2D eigenvalue weighted by Gasteiger charge is -2.34.